The molecule has 1 amide bonds. The number of aromatic nitrogens is 1. The van der Waals surface area contributed by atoms with Crippen LogP contribution in [-0.4, -0.2) is 24.0 Å². The smallest absolute Gasteiger partial charge is 0.349 e. The topological polar surface area (TPSA) is 68.3 Å². The Bertz CT molecular complexity index is 481. The Morgan fingerprint density at radius 1 is 1.61 bits per heavy atom. The van der Waals surface area contributed by atoms with Crippen molar-refractivity contribution >= 4 is 28.3 Å². The number of thiazole rings is 1. The van der Waals surface area contributed by atoms with Crippen LogP contribution in [0, 0.1) is 5.92 Å². The van der Waals surface area contributed by atoms with Crippen LogP contribution >= 0.6 is 11.3 Å². The SMILES string of the molecule is COC(=O)c1cnc(NC(=O)C[C@H]2C=CCC2)s1. The largest absolute Gasteiger partial charge is 0.465 e. The highest BCUT2D eigenvalue weighted by Gasteiger charge is 2.16. The van der Waals surface area contributed by atoms with Crippen LogP contribution in [0.2, 0.25) is 0 Å². The number of amides is 1. The van der Waals surface area contributed by atoms with Crippen LogP contribution in [-0.2, 0) is 9.53 Å². The molecule has 1 N–H and O–H groups in total. The van der Waals surface area contributed by atoms with E-state index in [0.29, 0.717) is 22.3 Å². The summed E-state index contributed by atoms with van der Waals surface area (Å²) in [6, 6.07) is 0. The number of rotatable bonds is 4. The number of anilines is 1. The third-order valence-electron chi connectivity index (χ3n) is 2.70. The fraction of sp³-hybridized carbons (Fsp3) is 0.417. The number of methoxy groups -OCH3 is 1. The second kappa shape index (κ2) is 5.77. The number of carbonyl (C=O) groups excluding carboxylic acids is 2. The minimum Gasteiger partial charge on any atom is -0.465 e. The van der Waals surface area contributed by atoms with E-state index in [-0.39, 0.29) is 5.91 Å². The highest BCUT2D eigenvalue weighted by Crippen LogP contribution is 2.22. The zero-order valence-corrected chi connectivity index (χ0v) is 10.8. The van der Waals surface area contributed by atoms with E-state index in [1.54, 1.807) is 0 Å². The van der Waals surface area contributed by atoms with Gasteiger partial charge in [0.2, 0.25) is 5.91 Å². The van der Waals surface area contributed by atoms with Gasteiger partial charge in [0.05, 0.1) is 13.3 Å². The van der Waals surface area contributed by atoms with Gasteiger partial charge in [0.15, 0.2) is 5.13 Å². The monoisotopic (exact) mass is 266 g/mol. The molecular formula is C12H14N2O3S. The first-order valence-corrected chi connectivity index (χ1v) is 6.51. The predicted molar refractivity (Wildman–Crippen MR) is 68.6 cm³/mol. The highest BCUT2D eigenvalue weighted by atomic mass is 32.1. The summed E-state index contributed by atoms with van der Waals surface area (Å²) in [5.74, 6) is -0.186. The molecule has 2 rings (SSSR count). The van der Waals surface area contributed by atoms with Crippen molar-refractivity contribution in [2.45, 2.75) is 19.3 Å². The summed E-state index contributed by atoms with van der Waals surface area (Å²) in [4.78, 5) is 27.3. The van der Waals surface area contributed by atoms with Gasteiger partial charge in [-0.15, -0.1) is 0 Å². The van der Waals surface area contributed by atoms with E-state index in [0.717, 1.165) is 24.2 Å². The summed E-state index contributed by atoms with van der Waals surface area (Å²) in [7, 11) is 1.31. The van der Waals surface area contributed by atoms with Gasteiger partial charge in [0, 0.05) is 6.42 Å². The molecule has 1 heterocycles. The Kier molecular flexibility index (Phi) is 4.09. The minimum atomic E-state index is -0.438. The number of hydrogen-bond acceptors (Lipinski definition) is 5. The first-order chi connectivity index (χ1) is 8.69. The lowest BCUT2D eigenvalue weighted by Crippen LogP contribution is -2.14. The van der Waals surface area contributed by atoms with Crippen molar-refractivity contribution in [2.75, 3.05) is 12.4 Å². The lowest BCUT2D eigenvalue weighted by molar-refractivity contribution is -0.116. The van der Waals surface area contributed by atoms with Gasteiger partial charge in [0.25, 0.3) is 0 Å². The zero-order valence-electron chi connectivity index (χ0n) is 10.0. The molecule has 0 aromatic carbocycles. The Balaban J connectivity index is 1.88. The fourth-order valence-electron chi connectivity index (χ4n) is 1.80. The van der Waals surface area contributed by atoms with Crippen molar-refractivity contribution in [3.8, 4) is 0 Å². The second-order valence-electron chi connectivity index (χ2n) is 4.04. The summed E-state index contributed by atoms with van der Waals surface area (Å²) in [6.07, 6.45) is 8.10. The first kappa shape index (κ1) is 12.8. The van der Waals surface area contributed by atoms with Gasteiger partial charge in [-0.05, 0) is 18.8 Å². The fourth-order valence-corrected chi connectivity index (χ4v) is 2.55. The van der Waals surface area contributed by atoms with Crippen LogP contribution in [0.4, 0.5) is 5.13 Å². The Morgan fingerprint density at radius 3 is 3.11 bits per heavy atom. The standard InChI is InChI=1S/C12H14N2O3S/c1-17-11(16)9-7-13-12(18-9)14-10(15)6-8-4-2-3-5-8/h2,4,7-8H,3,5-6H2,1H3,(H,13,14,15)/t8-/m0/s1. The molecule has 0 bridgehead atoms. The molecule has 18 heavy (non-hydrogen) atoms. The third kappa shape index (κ3) is 3.16. The van der Waals surface area contributed by atoms with Gasteiger partial charge in [0.1, 0.15) is 4.88 Å². The van der Waals surface area contributed by atoms with Crippen molar-refractivity contribution < 1.29 is 14.3 Å². The van der Waals surface area contributed by atoms with E-state index in [2.05, 4.69) is 27.2 Å². The summed E-state index contributed by atoms with van der Waals surface area (Å²) < 4.78 is 4.57. The molecule has 5 nitrogen and oxygen atoms in total. The summed E-state index contributed by atoms with van der Waals surface area (Å²) in [5.41, 5.74) is 0. The van der Waals surface area contributed by atoms with Crippen LogP contribution < -0.4 is 5.32 Å². The normalized spacial score (nSPS) is 17.7. The molecule has 0 unspecified atom stereocenters. The van der Waals surface area contributed by atoms with Gasteiger partial charge in [-0.3, -0.25) is 4.79 Å². The molecule has 96 valence electrons. The number of esters is 1. The maximum Gasteiger partial charge on any atom is 0.349 e. The molecule has 1 atom stereocenters. The second-order valence-corrected chi connectivity index (χ2v) is 5.07. The molecular weight excluding hydrogens is 252 g/mol. The van der Waals surface area contributed by atoms with E-state index < -0.39 is 5.97 Å². The van der Waals surface area contributed by atoms with Crippen molar-refractivity contribution in [1.82, 2.24) is 4.98 Å². The van der Waals surface area contributed by atoms with Crippen molar-refractivity contribution in [1.29, 1.82) is 0 Å². The number of allylic oxidation sites excluding steroid dienone is 2. The van der Waals surface area contributed by atoms with Gasteiger partial charge in [-0.25, -0.2) is 9.78 Å². The Morgan fingerprint density at radius 2 is 2.44 bits per heavy atom. The number of hydrogen-bond donors (Lipinski definition) is 1. The van der Waals surface area contributed by atoms with Gasteiger partial charge in [-0.1, -0.05) is 23.5 Å². The average molecular weight is 266 g/mol. The summed E-state index contributed by atoms with van der Waals surface area (Å²) in [6.45, 7) is 0. The van der Waals surface area contributed by atoms with E-state index in [4.69, 9.17) is 0 Å². The molecule has 0 aliphatic heterocycles. The molecule has 0 spiro atoms. The van der Waals surface area contributed by atoms with Crippen LogP contribution in [0.3, 0.4) is 0 Å². The van der Waals surface area contributed by atoms with Crippen molar-refractivity contribution in [3.63, 3.8) is 0 Å². The average Bonchev–Trinajstić information content (AvgIpc) is 2.99. The van der Waals surface area contributed by atoms with Crippen LogP contribution in [0.25, 0.3) is 0 Å². The first-order valence-electron chi connectivity index (χ1n) is 5.69. The summed E-state index contributed by atoms with van der Waals surface area (Å²) in [5, 5.41) is 3.13. The summed E-state index contributed by atoms with van der Waals surface area (Å²) >= 11 is 1.12. The minimum absolute atomic E-state index is 0.0719. The van der Waals surface area contributed by atoms with Gasteiger partial charge < -0.3 is 10.1 Å². The number of ether oxygens (including phenoxy) is 1. The number of carbonyl (C=O) groups is 2. The molecule has 1 aliphatic carbocycles. The number of nitrogens with zero attached hydrogens (tertiary/aromatic N) is 1. The Hall–Kier alpha value is -1.69. The molecule has 0 saturated heterocycles. The molecule has 6 heteroatoms. The number of nitrogens with one attached hydrogen (secondary N) is 1. The van der Waals surface area contributed by atoms with E-state index >= 15 is 0 Å². The molecule has 0 fully saturated rings. The lowest BCUT2D eigenvalue weighted by Gasteiger charge is -2.06. The van der Waals surface area contributed by atoms with Crippen LogP contribution in [0.5, 0.6) is 0 Å². The molecule has 0 radical (unpaired) electrons. The van der Waals surface area contributed by atoms with E-state index in [1.165, 1.54) is 13.3 Å². The predicted octanol–water partition coefficient (Wildman–Crippen LogP) is 2.22. The third-order valence-corrected chi connectivity index (χ3v) is 3.59. The van der Waals surface area contributed by atoms with E-state index in [1.807, 2.05) is 0 Å². The Labute approximate surface area is 109 Å². The van der Waals surface area contributed by atoms with Crippen LogP contribution in [0.15, 0.2) is 18.3 Å². The van der Waals surface area contributed by atoms with Gasteiger partial charge in [-0.2, -0.15) is 0 Å². The van der Waals surface area contributed by atoms with Crippen LogP contribution in [0.1, 0.15) is 28.9 Å². The molecule has 1 aromatic rings. The molecule has 1 aliphatic rings. The van der Waals surface area contributed by atoms with Crippen molar-refractivity contribution in [2.24, 2.45) is 5.92 Å². The molecule has 0 saturated carbocycles. The molecule has 1 aromatic heterocycles. The van der Waals surface area contributed by atoms with Crippen molar-refractivity contribution in [3.05, 3.63) is 23.2 Å². The van der Waals surface area contributed by atoms with Gasteiger partial charge >= 0.3 is 5.97 Å². The lowest BCUT2D eigenvalue weighted by atomic mass is 10.1. The maximum atomic E-state index is 11.7. The quantitative estimate of drug-likeness (QED) is 0.670. The zero-order chi connectivity index (χ0) is 13.0. The maximum absolute atomic E-state index is 11.7. The highest BCUT2D eigenvalue weighted by molar-refractivity contribution is 7.17. The van der Waals surface area contributed by atoms with E-state index in [9.17, 15) is 9.59 Å².